The highest BCUT2D eigenvalue weighted by atomic mass is 32.2. The zero-order valence-electron chi connectivity index (χ0n) is 17.3. The van der Waals surface area contributed by atoms with Crippen LogP contribution in [0.15, 0.2) is 69.3 Å². The van der Waals surface area contributed by atoms with E-state index in [0.717, 1.165) is 11.8 Å². The molecule has 8 nitrogen and oxygen atoms in total. The van der Waals surface area contributed by atoms with Crippen molar-refractivity contribution in [3.8, 4) is 5.69 Å². The Hall–Kier alpha value is -3.59. The molecular formula is C22H21N5O3S. The third-order valence-corrected chi connectivity index (χ3v) is 6.12. The van der Waals surface area contributed by atoms with Gasteiger partial charge in [-0.15, -0.1) is 0 Å². The van der Waals surface area contributed by atoms with Crippen molar-refractivity contribution in [3.63, 3.8) is 0 Å². The number of nitrogens with zero attached hydrogens (tertiary/aromatic N) is 4. The third kappa shape index (κ3) is 3.79. The molecule has 2 aromatic heterocycles. The predicted molar refractivity (Wildman–Crippen MR) is 122 cm³/mol. The number of benzene rings is 2. The van der Waals surface area contributed by atoms with Crippen molar-refractivity contribution in [1.29, 1.82) is 0 Å². The fraction of sp³-hybridized carbons (Fsp3) is 0.182. The lowest BCUT2D eigenvalue weighted by atomic mass is 10.2. The first-order chi connectivity index (χ1) is 14.9. The van der Waals surface area contributed by atoms with Gasteiger partial charge in [-0.05, 0) is 31.2 Å². The van der Waals surface area contributed by atoms with Crippen LogP contribution in [0, 0.1) is 6.92 Å². The topological polar surface area (TPSA) is 90.9 Å². The van der Waals surface area contributed by atoms with Crippen molar-refractivity contribution in [2.24, 2.45) is 14.1 Å². The molecule has 0 saturated carbocycles. The first kappa shape index (κ1) is 20.7. The highest BCUT2D eigenvalue weighted by Gasteiger charge is 2.18. The number of aromatic nitrogens is 4. The van der Waals surface area contributed by atoms with Gasteiger partial charge in [-0.2, -0.15) is 0 Å². The van der Waals surface area contributed by atoms with Gasteiger partial charge in [-0.3, -0.25) is 23.6 Å². The molecular weight excluding hydrogens is 414 g/mol. The van der Waals surface area contributed by atoms with Crippen LogP contribution in [0.2, 0.25) is 0 Å². The number of para-hydroxylation sites is 2. The number of thioether (sulfide) groups is 1. The number of rotatable bonds is 5. The fourth-order valence-corrected chi connectivity index (χ4v) is 4.12. The number of carbonyl (C=O) groups is 1. The minimum Gasteiger partial charge on any atom is -0.319 e. The monoisotopic (exact) mass is 435 g/mol. The zero-order chi connectivity index (χ0) is 22.1. The van der Waals surface area contributed by atoms with Gasteiger partial charge in [0.05, 0.1) is 28.0 Å². The lowest BCUT2D eigenvalue weighted by Crippen LogP contribution is -2.24. The highest BCUT2D eigenvalue weighted by molar-refractivity contribution is 7.99. The number of anilines is 1. The number of hydrogen-bond acceptors (Lipinski definition) is 5. The van der Waals surface area contributed by atoms with Crippen molar-refractivity contribution in [3.05, 3.63) is 81.0 Å². The second-order valence-corrected chi connectivity index (χ2v) is 7.99. The summed E-state index contributed by atoms with van der Waals surface area (Å²) < 4.78 is 4.64. The van der Waals surface area contributed by atoms with E-state index in [1.165, 1.54) is 9.25 Å². The molecule has 0 radical (unpaired) electrons. The van der Waals surface area contributed by atoms with Crippen molar-refractivity contribution in [1.82, 2.24) is 18.9 Å². The Morgan fingerprint density at radius 1 is 1.00 bits per heavy atom. The van der Waals surface area contributed by atoms with Crippen LogP contribution < -0.4 is 16.4 Å². The molecule has 0 unspecified atom stereocenters. The summed E-state index contributed by atoms with van der Waals surface area (Å²) in [4.78, 5) is 42.5. The van der Waals surface area contributed by atoms with E-state index in [4.69, 9.17) is 0 Å². The molecule has 0 bridgehead atoms. The van der Waals surface area contributed by atoms with Crippen LogP contribution in [0.4, 0.5) is 5.69 Å². The van der Waals surface area contributed by atoms with Gasteiger partial charge in [0.2, 0.25) is 5.91 Å². The van der Waals surface area contributed by atoms with Crippen molar-refractivity contribution < 1.29 is 4.79 Å². The van der Waals surface area contributed by atoms with Crippen LogP contribution in [0.5, 0.6) is 0 Å². The summed E-state index contributed by atoms with van der Waals surface area (Å²) in [5.41, 5.74) is 1.70. The summed E-state index contributed by atoms with van der Waals surface area (Å²) in [6.07, 6.45) is 0. The average Bonchev–Trinajstić information content (AvgIpc) is 2.99. The molecule has 9 heteroatoms. The second kappa shape index (κ2) is 8.27. The van der Waals surface area contributed by atoms with E-state index in [-0.39, 0.29) is 28.5 Å². The van der Waals surface area contributed by atoms with E-state index in [2.05, 4.69) is 10.3 Å². The number of amides is 1. The van der Waals surface area contributed by atoms with Gasteiger partial charge in [-0.1, -0.05) is 42.1 Å². The van der Waals surface area contributed by atoms with Gasteiger partial charge >= 0.3 is 0 Å². The summed E-state index contributed by atoms with van der Waals surface area (Å²) in [7, 11) is 3.39. The summed E-state index contributed by atoms with van der Waals surface area (Å²) in [5.74, 6) is -0.337. The van der Waals surface area contributed by atoms with Crippen LogP contribution in [-0.4, -0.2) is 30.6 Å². The van der Waals surface area contributed by atoms with E-state index >= 15 is 0 Å². The highest BCUT2D eigenvalue weighted by Crippen LogP contribution is 2.18. The number of nitrogens with one attached hydrogen (secondary N) is 1. The Morgan fingerprint density at radius 3 is 2.42 bits per heavy atom. The molecule has 0 aliphatic heterocycles. The van der Waals surface area contributed by atoms with Gasteiger partial charge in [0.15, 0.2) is 5.16 Å². The first-order valence-corrected chi connectivity index (χ1v) is 10.6. The SMILES string of the molecule is Cc1c(NC(=O)CSc2nc3ccccc3c(=O)n2C)c(=O)n(-c2ccccc2)n1C. The third-order valence-electron chi connectivity index (χ3n) is 5.09. The second-order valence-electron chi connectivity index (χ2n) is 7.05. The van der Waals surface area contributed by atoms with Crippen LogP contribution in [0.25, 0.3) is 16.6 Å². The maximum atomic E-state index is 12.9. The molecule has 0 fully saturated rings. The van der Waals surface area contributed by atoms with Crippen molar-refractivity contribution in [2.45, 2.75) is 12.1 Å². The quantitative estimate of drug-likeness (QED) is 0.384. The average molecular weight is 436 g/mol. The Bertz CT molecular complexity index is 1400. The van der Waals surface area contributed by atoms with Crippen LogP contribution in [-0.2, 0) is 18.9 Å². The Balaban J connectivity index is 1.56. The minimum absolute atomic E-state index is 0.0116. The molecule has 158 valence electrons. The maximum absolute atomic E-state index is 12.9. The van der Waals surface area contributed by atoms with Gasteiger partial charge in [-0.25, -0.2) is 9.67 Å². The molecule has 2 aromatic carbocycles. The van der Waals surface area contributed by atoms with Gasteiger partial charge < -0.3 is 5.32 Å². The molecule has 1 N–H and O–H groups in total. The Kier molecular flexibility index (Phi) is 5.51. The summed E-state index contributed by atoms with van der Waals surface area (Å²) in [5, 5.41) is 3.69. The predicted octanol–water partition coefficient (Wildman–Crippen LogP) is 2.46. The number of carbonyl (C=O) groups excluding carboxylic acids is 1. The molecule has 4 aromatic rings. The number of hydrogen-bond donors (Lipinski definition) is 1. The van der Waals surface area contributed by atoms with Crippen LogP contribution in [0.1, 0.15) is 5.69 Å². The molecule has 0 saturated heterocycles. The van der Waals surface area contributed by atoms with E-state index in [9.17, 15) is 14.4 Å². The Morgan fingerprint density at radius 2 is 1.68 bits per heavy atom. The van der Waals surface area contributed by atoms with E-state index in [0.29, 0.717) is 27.4 Å². The molecule has 31 heavy (non-hydrogen) atoms. The van der Waals surface area contributed by atoms with Gasteiger partial charge in [0, 0.05) is 14.1 Å². The minimum atomic E-state index is -0.349. The molecule has 0 spiro atoms. The van der Waals surface area contributed by atoms with Gasteiger partial charge in [0.25, 0.3) is 11.1 Å². The smallest absolute Gasteiger partial charge is 0.295 e. The largest absolute Gasteiger partial charge is 0.319 e. The molecule has 0 atom stereocenters. The fourth-order valence-electron chi connectivity index (χ4n) is 3.34. The number of fused-ring (bicyclic) bond motifs is 1. The molecule has 2 heterocycles. The van der Waals surface area contributed by atoms with E-state index < -0.39 is 0 Å². The summed E-state index contributed by atoms with van der Waals surface area (Å²) in [6, 6.07) is 16.3. The lowest BCUT2D eigenvalue weighted by molar-refractivity contribution is -0.113. The molecule has 1 amide bonds. The van der Waals surface area contributed by atoms with Gasteiger partial charge in [0.1, 0.15) is 5.69 Å². The maximum Gasteiger partial charge on any atom is 0.295 e. The Labute approximate surface area is 182 Å². The van der Waals surface area contributed by atoms with E-state index in [1.807, 2.05) is 36.4 Å². The normalized spacial score (nSPS) is 11.1. The zero-order valence-corrected chi connectivity index (χ0v) is 18.1. The van der Waals surface area contributed by atoms with Crippen LogP contribution in [0.3, 0.4) is 0 Å². The van der Waals surface area contributed by atoms with Crippen molar-refractivity contribution in [2.75, 3.05) is 11.1 Å². The molecule has 4 rings (SSSR count). The summed E-state index contributed by atoms with van der Waals surface area (Å²) in [6.45, 7) is 1.78. The van der Waals surface area contributed by atoms with E-state index in [1.54, 1.807) is 43.9 Å². The first-order valence-electron chi connectivity index (χ1n) is 9.61. The standard InChI is InChI=1S/C22H21N5O3S/c1-14-19(21(30)27(26(14)3)15-9-5-4-6-10-15)24-18(28)13-31-22-23-17-12-8-7-11-16(17)20(29)25(22)2/h4-12H,13H2,1-3H3,(H,24,28). The lowest BCUT2D eigenvalue weighted by Gasteiger charge is -2.08. The molecule has 0 aliphatic carbocycles. The molecule has 0 aliphatic rings. The van der Waals surface area contributed by atoms with Crippen LogP contribution >= 0.6 is 11.8 Å². The summed E-state index contributed by atoms with van der Waals surface area (Å²) >= 11 is 1.15. The van der Waals surface area contributed by atoms with Crippen molar-refractivity contribution >= 4 is 34.3 Å².